The molecular weight excluding hydrogens is 294 g/mol. The van der Waals surface area contributed by atoms with Gasteiger partial charge in [0.25, 0.3) is 0 Å². The van der Waals surface area contributed by atoms with Crippen LogP contribution in [0.1, 0.15) is 38.1 Å². The molecule has 2 N–H and O–H groups in total. The van der Waals surface area contributed by atoms with E-state index in [-0.39, 0.29) is 6.04 Å². The van der Waals surface area contributed by atoms with Crippen LogP contribution < -0.4 is 5.73 Å². The standard InChI is InChI=1S/C13H24BrN3O/c1-4-7-18-8-6-11(15)9-12-13(14)10(3)16-17(12)5-2/h11H,4-9,15H2,1-3H3. The van der Waals surface area contributed by atoms with Crippen molar-refractivity contribution in [2.45, 2.75) is 52.6 Å². The zero-order valence-electron chi connectivity index (χ0n) is 11.6. The van der Waals surface area contributed by atoms with Gasteiger partial charge >= 0.3 is 0 Å². The number of hydrogen-bond acceptors (Lipinski definition) is 3. The molecule has 0 aliphatic carbocycles. The summed E-state index contributed by atoms with van der Waals surface area (Å²) in [5.74, 6) is 0. The van der Waals surface area contributed by atoms with Crippen LogP contribution in [0.5, 0.6) is 0 Å². The topological polar surface area (TPSA) is 53.1 Å². The molecule has 1 unspecified atom stereocenters. The van der Waals surface area contributed by atoms with Crippen molar-refractivity contribution in [2.24, 2.45) is 5.73 Å². The van der Waals surface area contributed by atoms with E-state index in [1.54, 1.807) is 0 Å². The van der Waals surface area contributed by atoms with E-state index in [0.29, 0.717) is 0 Å². The first-order valence-electron chi connectivity index (χ1n) is 6.65. The first-order chi connectivity index (χ1) is 8.60. The number of halogens is 1. The van der Waals surface area contributed by atoms with E-state index in [4.69, 9.17) is 10.5 Å². The van der Waals surface area contributed by atoms with Crippen LogP contribution in [0.15, 0.2) is 4.47 Å². The van der Waals surface area contributed by atoms with Crippen molar-refractivity contribution in [2.75, 3.05) is 13.2 Å². The molecule has 0 bridgehead atoms. The summed E-state index contributed by atoms with van der Waals surface area (Å²) in [6.45, 7) is 8.66. The highest BCUT2D eigenvalue weighted by atomic mass is 79.9. The number of hydrogen-bond donors (Lipinski definition) is 1. The van der Waals surface area contributed by atoms with E-state index >= 15 is 0 Å². The van der Waals surface area contributed by atoms with Crippen molar-refractivity contribution < 1.29 is 4.74 Å². The Morgan fingerprint density at radius 1 is 1.39 bits per heavy atom. The summed E-state index contributed by atoms with van der Waals surface area (Å²) < 4.78 is 8.58. The maximum atomic E-state index is 6.15. The first-order valence-corrected chi connectivity index (χ1v) is 7.44. The predicted octanol–water partition coefficient (Wildman–Crippen LogP) is 2.66. The quantitative estimate of drug-likeness (QED) is 0.750. The molecule has 0 saturated heterocycles. The Kier molecular flexibility index (Phi) is 6.89. The molecule has 0 spiro atoms. The SMILES string of the molecule is CCCOCCC(N)Cc1c(Br)c(C)nn1CC. The summed E-state index contributed by atoms with van der Waals surface area (Å²) in [4.78, 5) is 0. The van der Waals surface area contributed by atoms with Crippen molar-refractivity contribution >= 4 is 15.9 Å². The van der Waals surface area contributed by atoms with Gasteiger partial charge in [-0.05, 0) is 42.6 Å². The van der Waals surface area contributed by atoms with Gasteiger partial charge in [-0.25, -0.2) is 0 Å². The van der Waals surface area contributed by atoms with Crippen molar-refractivity contribution in [1.82, 2.24) is 9.78 Å². The molecular formula is C13H24BrN3O. The summed E-state index contributed by atoms with van der Waals surface area (Å²) in [7, 11) is 0. The van der Waals surface area contributed by atoms with Crippen LogP contribution in [0.2, 0.25) is 0 Å². The van der Waals surface area contributed by atoms with E-state index in [1.165, 1.54) is 5.69 Å². The van der Waals surface area contributed by atoms with E-state index in [1.807, 2.05) is 11.6 Å². The van der Waals surface area contributed by atoms with E-state index in [0.717, 1.165) is 49.2 Å². The second-order valence-corrected chi connectivity index (χ2v) is 5.32. The minimum atomic E-state index is 0.125. The monoisotopic (exact) mass is 317 g/mol. The van der Waals surface area contributed by atoms with Crippen molar-refractivity contribution in [1.29, 1.82) is 0 Å². The molecule has 1 atom stereocenters. The van der Waals surface area contributed by atoms with Gasteiger partial charge in [-0.3, -0.25) is 4.68 Å². The molecule has 4 nitrogen and oxygen atoms in total. The van der Waals surface area contributed by atoms with E-state index < -0.39 is 0 Å². The molecule has 0 aromatic carbocycles. The molecule has 1 heterocycles. The normalized spacial score (nSPS) is 12.9. The minimum Gasteiger partial charge on any atom is -0.381 e. The summed E-state index contributed by atoms with van der Waals surface area (Å²) in [6.07, 6.45) is 2.79. The van der Waals surface area contributed by atoms with Gasteiger partial charge in [0.2, 0.25) is 0 Å². The van der Waals surface area contributed by atoms with Crippen molar-refractivity contribution in [3.05, 3.63) is 15.9 Å². The lowest BCUT2D eigenvalue weighted by Gasteiger charge is -2.13. The number of nitrogens with zero attached hydrogens (tertiary/aromatic N) is 2. The van der Waals surface area contributed by atoms with Crippen LogP contribution >= 0.6 is 15.9 Å². The Bertz CT molecular complexity index is 365. The van der Waals surface area contributed by atoms with Gasteiger partial charge in [0.1, 0.15) is 0 Å². The Balaban J connectivity index is 2.50. The lowest BCUT2D eigenvalue weighted by Crippen LogP contribution is -2.26. The largest absolute Gasteiger partial charge is 0.381 e. The van der Waals surface area contributed by atoms with Crippen LogP contribution in [0.25, 0.3) is 0 Å². The maximum Gasteiger partial charge on any atom is 0.0738 e. The molecule has 0 amide bonds. The molecule has 0 aliphatic heterocycles. The molecule has 104 valence electrons. The molecule has 0 fully saturated rings. The highest BCUT2D eigenvalue weighted by molar-refractivity contribution is 9.10. The Labute approximate surface area is 118 Å². The van der Waals surface area contributed by atoms with Crippen LogP contribution in [0, 0.1) is 6.92 Å². The van der Waals surface area contributed by atoms with Gasteiger partial charge in [-0.2, -0.15) is 5.10 Å². The second kappa shape index (κ2) is 7.92. The number of aryl methyl sites for hydroxylation is 2. The Hall–Kier alpha value is -0.390. The third kappa shape index (κ3) is 4.37. The van der Waals surface area contributed by atoms with Crippen LogP contribution in [0.4, 0.5) is 0 Å². The van der Waals surface area contributed by atoms with Gasteiger partial charge in [0.15, 0.2) is 0 Å². The second-order valence-electron chi connectivity index (χ2n) is 4.53. The predicted molar refractivity (Wildman–Crippen MR) is 77.7 cm³/mol. The average Bonchev–Trinajstić information content (AvgIpc) is 2.62. The van der Waals surface area contributed by atoms with E-state index in [9.17, 15) is 0 Å². The maximum absolute atomic E-state index is 6.15. The van der Waals surface area contributed by atoms with Crippen LogP contribution in [0.3, 0.4) is 0 Å². The molecule has 5 heteroatoms. The smallest absolute Gasteiger partial charge is 0.0738 e. The van der Waals surface area contributed by atoms with Crippen LogP contribution in [-0.4, -0.2) is 29.0 Å². The highest BCUT2D eigenvalue weighted by Gasteiger charge is 2.15. The molecule has 1 rings (SSSR count). The third-order valence-corrected chi connectivity index (χ3v) is 3.92. The van der Waals surface area contributed by atoms with Crippen molar-refractivity contribution in [3.63, 3.8) is 0 Å². The minimum absolute atomic E-state index is 0.125. The fourth-order valence-electron chi connectivity index (χ4n) is 1.90. The molecule has 1 aromatic rings. The van der Waals surface area contributed by atoms with E-state index in [2.05, 4.69) is 34.9 Å². The summed E-state index contributed by atoms with van der Waals surface area (Å²) in [5, 5.41) is 4.47. The molecule has 18 heavy (non-hydrogen) atoms. The third-order valence-electron chi connectivity index (χ3n) is 2.89. The molecule has 0 saturated carbocycles. The lowest BCUT2D eigenvalue weighted by molar-refractivity contribution is 0.127. The Morgan fingerprint density at radius 2 is 2.11 bits per heavy atom. The Morgan fingerprint density at radius 3 is 2.72 bits per heavy atom. The van der Waals surface area contributed by atoms with Gasteiger partial charge in [0.05, 0.1) is 15.9 Å². The number of aromatic nitrogens is 2. The highest BCUT2D eigenvalue weighted by Crippen LogP contribution is 2.22. The van der Waals surface area contributed by atoms with Gasteiger partial charge < -0.3 is 10.5 Å². The molecule has 0 radical (unpaired) electrons. The summed E-state index contributed by atoms with van der Waals surface area (Å²) >= 11 is 3.59. The van der Waals surface area contributed by atoms with Gasteiger partial charge in [-0.15, -0.1) is 0 Å². The number of ether oxygens (including phenoxy) is 1. The average molecular weight is 318 g/mol. The zero-order chi connectivity index (χ0) is 13.5. The fourth-order valence-corrected chi connectivity index (χ4v) is 2.34. The number of rotatable bonds is 8. The van der Waals surface area contributed by atoms with Gasteiger partial charge in [-0.1, -0.05) is 6.92 Å². The molecule has 0 aliphatic rings. The molecule has 1 aromatic heterocycles. The number of nitrogens with two attached hydrogens (primary N) is 1. The first kappa shape index (κ1) is 15.7. The zero-order valence-corrected chi connectivity index (χ0v) is 13.2. The summed E-state index contributed by atoms with van der Waals surface area (Å²) in [6, 6.07) is 0.125. The fraction of sp³-hybridized carbons (Fsp3) is 0.769. The summed E-state index contributed by atoms with van der Waals surface area (Å²) in [5.41, 5.74) is 8.37. The van der Waals surface area contributed by atoms with Crippen LogP contribution in [-0.2, 0) is 17.7 Å². The van der Waals surface area contributed by atoms with Gasteiger partial charge in [0, 0.05) is 32.2 Å². The van der Waals surface area contributed by atoms with Crippen molar-refractivity contribution in [3.8, 4) is 0 Å². The lowest BCUT2D eigenvalue weighted by atomic mass is 10.1.